The van der Waals surface area contributed by atoms with Crippen molar-refractivity contribution in [2.45, 2.75) is 4.90 Å². The van der Waals surface area contributed by atoms with Gasteiger partial charge in [-0.25, -0.2) is 12.8 Å². The lowest BCUT2D eigenvalue weighted by Gasteiger charge is -2.14. The SMILES string of the molecule is COc1ccccc1OCCNC(=O)c1ccccc1NS(=O)(=O)c1ccc(F)cc1. The Labute approximate surface area is 179 Å². The quantitative estimate of drug-likeness (QED) is 0.493. The largest absolute Gasteiger partial charge is 0.493 e. The molecule has 9 heteroatoms. The van der Waals surface area contributed by atoms with Gasteiger partial charge < -0.3 is 14.8 Å². The first-order chi connectivity index (χ1) is 14.9. The van der Waals surface area contributed by atoms with Crippen molar-refractivity contribution in [3.63, 3.8) is 0 Å². The summed E-state index contributed by atoms with van der Waals surface area (Å²) in [4.78, 5) is 12.5. The zero-order valence-electron chi connectivity index (χ0n) is 16.7. The van der Waals surface area contributed by atoms with E-state index in [4.69, 9.17) is 9.47 Å². The van der Waals surface area contributed by atoms with E-state index in [0.717, 1.165) is 24.3 Å². The van der Waals surface area contributed by atoms with Gasteiger partial charge in [0.25, 0.3) is 15.9 Å². The third-order valence-corrected chi connectivity index (χ3v) is 5.64. The minimum absolute atomic E-state index is 0.106. The van der Waals surface area contributed by atoms with E-state index >= 15 is 0 Å². The number of halogens is 1. The Morgan fingerprint density at radius 3 is 2.29 bits per heavy atom. The molecular formula is C22H21FN2O5S. The molecule has 1 amide bonds. The van der Waals surface area contributed by atoms with Crippen molar-refractivity contribution < 1.29 is 27.1 Å². The molecule has 0 radical (unpaired) electrons. The number of para-hydroxylation sites is 3. The van der Waals surface area contributed by atoms with Crippen LogP contribution in [0.5, 0.6) is 11.5 Å². The van der Waals surface area contributed by atoms with Crippen LogP contribution in [0, 0.1) is 5.82 Å². The molecule has 0 atom stereocenters. The summed E-state index contributed by atoms with van der Waals surface area (Å²) in [6.45, 7) is 0.380. The van der Waals surface area contributed by atoms with Crippen LogP contribution in [0.1, 0.15) is 10.4 Å². The van der Waals surface area contributed by atoms with Crippen LogP contribution in [-0.2, 0) is 10.0 Å². The molecule has 3 aromatic rings. The van der Waals surface area contributed by atoms with Crippen LogP contribution in [-0.4, -0.2) is 34.6 Å². The maximum absolute atomic E-state index is 13.1. The van der Waals surface area contributed by atoms with Crippen LogP contribution in [0.25, 0.3) is 0 Å². The summed E-state index contributed by atoms with van der Waals surface area (Å²) in [7, 11) is -2.45. The minimum Gasteiger partial charge on any atom is -0.493 e. The molecule has 0 bridgehead atoms. The number of sulfonamides is 1. The molecule has 7 nitrogen and oxygen atoms in total. The zero-order valence-corrected chi connectivity index (χ0v) is 17.5. The second-order valence-corrected chi connectivity index (χ2v) is 8.04. The lowest BCUT2D eigenvalue weighted by atomic mass is 10.1. The van der Waals surface area contributed by atoms with Gasteiger partial charge >= 0.3 is 0 Å². The number of methoxy groups -OCH3 is 1. The van der Waals surface area contributed by atoms with E-state index in [-0.39, 0.29) is 29.3 Å². The Balaban J connectivity index is 1.64. The third kappa shape index (κ3) is 5.73. The fraction of sp³-hybridized carbons (Fsp3) is 0.136. The maximum Gasteiger partial charge on any atom is 0.261 e. The second-order valence-electron chi connectivity index (χ2n) is 6.36. The van der Waals surface area contributed by atoms with E-state index in [1.54, 1.807) is 30.3 Å². The molecule has 2 N–H and O–H groups in total. The summed E-state index contributed by atoms with van der Waals surface area (Å²) < 4.78 is 51.4. The van der Waals surface area contributed by atoms with Crippen molar-refractivity contribution in [2.24, 2.45) is 0 Å². The van der Waals surface area contributed by atoms with Crippen LogP contribution in [0.3, 0.4) is 0 Å². The summed E-state index contributed by atoms with van der Waals surface area (Å²) in [6, 6.07) is 17.7. The molecule has 0 aliphatic rings. The first-order valence-corrected chi connectivity index (χ1v) is 10.8. The van der Waals surface area contributed by atoms with Gasteiger partial charge in [-0.2, -0.15) is 0 Å². The third-order valence-electron chi connectivity index (χ3n) is 4.25. The van der Waals surface area contributed by atoms with E-state index in [1.807, 2.05) is 6.07 Å². The lowest BCUT2D eigenvalue weighted by molar-refractivity contribution is 0.0947. The fourth-order valence-corrected chi connectivity index (χ4v) is 3.83. The molecule has 0 saturated carbocycles. The van der Waals surface area contributed by atoms with Crippen molar-refractivity contribution >= 4 is 21.6 Å². The molecule has 0 aromatic heterocycles. The average Bonchev–Trinajstić information content (AvgIpc) is 2.77. The predicted molar refractivity (Wildman–Crippen MR) is 114 cm³/mol. The zero-order chi connectivity index (χ0) is 22.3. The molecule has 31 heavy (non-hydrogen) atoms. The number of nitrogens with one attached hydrogen (secondary N) is 2. The van der Waals surface area contributed by atoms with Crippen LogP contribution < -0.4 is 19.5 Å². The number of hydrogen-bond acceptors (Lipinski definition) is 5. The Bertz CT molecular complexity index is 1150. The minimum atomic E-state index is -3.99. The average molecular weight is 444 g/mol. The number of rotatable bonds is 9. The molecule has 0 spiro atoms. The highest BCUT2D eigenvalue weighted by atomic mass is 32.2. The molecule has 3 aromatic carbocycles. The lowest BCUT2D eigenvalue weighted by Crippen LogP contribution is -2.29. The topological polar surface area (TPSA) is 93.7 Å². The number of hydrogen-bond donors (Lipinski definition) is 2. The molecule has 0 heterocycles. The monoisotopic (exact) mass is 444 g/mol. The number of carbonyl (C=O) groups excluding carboxylic acids is 1. The number of anilines is 1. The summed E-state index contributed by atoms with van der Waals surface area (Å²) in [5.74, 6) is 0.108. The standard InChI is InChI=1S/C22H21FN2O5S/c1-29-20-8-4-5-9-21(20)30-15-14-24-22(26)18-6-2-3-7-19(18)25-31(27,28)17-12-10-16(23)11-13-17/h2-13,25H,14-15H2,1H3,(H,24,26). The predicted octanol–water partition coefficient (Wildman–Crippen LogP) is 3.44. The Morgan fingerprint density at radius 2 is 1.58 bits per heavy atom. The summed E-state index contributed by atoms with van der Waals surface area (Å²) in [5.41, 5.74) is 0.250. The van der Waals surface area contributed by atoms with E-state index < -0.39 is 21.7 Å². The molecule has 0 unspecified atom stereocenters. The first-order valence-electron chi connectivity index (χ1n) is 9.32. The van der Waals surface area contributed by atoms with E-state index in [9.17, 15) is 17.6 Å². The van der Waals surface area contributed by atoms with E-state index in [0.29, 0.717) is 11.5 Å². The van der Waals surface area contributed by atoms with Gasteiger partial charge in [0.15, 0.2) is 11.5 Å². The first kappa shape index (κ1) is 22.1. The molecule has 162 valence electrons. The molecule has 0 fully saturated rings. The van der Waals surface area contributed by atoms with E-state index in [1.165, 1.54) is 19.2 Å². The van der Waals surface area contributed by atoms with Gasteiger partial charge in [0.2, 0.25) is 0 Å². The maximum atomic E-state index is 13.1. The highest BCUT2D eigenvalue weighted by Gasteiger charge is 2.18. The van der Waals surface area contributed by atoms with Gasteiger partial charge in [0, 0.05) is 0 Å². The number of amides is 1. The molecule has 3 rings (SSSR count). The highest BCUT2D eigenvalue weighted by molar-refractivity contribution is 7.92. The van der Waals surface area contributed by atoms with Gasteiger partial charge in [-0.05, 0) is 48.5 Å². The molecule has 0 aliphatic carbocycles. The van der Waals surface area contributed by atoms with Crippen LogP contribution >= 0.6 is 0 Å². The summed E-state index contributed by atoms with van der Waals surface area (Å²) >= 11 is 0. The van der Waals surface area contributed by atoms with Gasteiger partial charge in [-0.3, -0.25) is 9.52 Å². The van der Waals surface area contributed by atoms with Crippen LogP contribution in [0.15, 0.2) is 77.7 Å². The normalized spacial score (nSPS) is 10.9. The molecule has 0 aliphatic heterocycles. The van der Waals surface area contributed by atoms with Crippen molar-refractivity contribution in [2.75, 3.05) is 25.0 Å². The molecule has 0 saturated heterocycles. The van der Waals surface area contributed by atoms with Crippen molar-refractivity contribution in [3.8, 4) is 11.5 Å². The Kier molecular flexibility index (Phi) is 7.09. The van der Waals surface area contributed by atoms with E-state index in [2.05, 4.69) is 10.0 Å². The number of ether oxygens (including phenoxy) is 2. The van der Waals surface area contributed by atoms with Gasteiger partial charge in [0.05, 0.1) is 29.8 Å². The van der Waals surface area contributed by atoms with Gasteiger partial charge in [-0.15, -0.1) is 0 Å². The number of benzene rings is 3. The second kappa shape index (κ2) is 9.94. The summed E-state index contributed by atoms with van der Waals surface area (Å²) in [6.07, 6.45) is 0. The van der Waals surface area contributed by atoms with Crippen molar-refractivity contribution in [3.05, 3.63) is 84.2 Å². The van der Waals surface area contributed by atoms with Crippen molar-refractivity contribution in [1.82, 2.24) is 5.32 Å². The van der Waals surface area contributed by atoms with Gasteiger partial charge in [0.1, 0.15) is 12.4 Å². The smallest absolute Gasteiger partial charge is 0.261 e. The van der Waals surface area contributed by atoms with Crippen LogP contribution in [0.2, 0.25) is 0 Å². The Morgan fingerprint density at radius 1 is 0.935 bits per heavy atom. The van der Waals surface area contributed by atoms with Crippen molar-refractivity contribution in [1.29, 1.82) is 0 Å². The number of carbonyl (C=O) groups is 1. The van der Waals surface area contributed by atoms with Gasteiger partial charge in [-0.1, -0.05) is 24.3 Å². The Hall–Kier alpha value is -3.59. The fourth-order valence-electron chi connectivity index (χ4n) is 2.75. The molecular weight excluding hydrogens is 423 g/mol. The highest BCUT2D eigenvalue weighted by Crippen LogP contribution is 2.25. The van der Waals surface area contributed by atoms with Crippen LogP contribution in [0.4, 0.5) is 10.1 Å². The summed E-state index contributed by atoms with van der Waals surface area (Å²) in [5, 5.41) is 2.69.